The monoisotopic (exact) mass is 254 g/mol. The third-order valence-corrected chi connectivity index (χ3v) is 2.29. The molecule has 3 N–H and O–H groups in total. The molecule has 1 heterocycles. The molecular formula is C12H22N4O2. The predicted octanol–water partition coefficient (Wildman–Crippen LogP) is 1.43. The van der Waals surface area contributed by atoms with Crippen molar-refractivity contribution in [3.63, 3.8) is 0 Å². The molecule has 0 aromatic carbocycles. The third kappa shape index (κ3) is 4.37. The van der Waals surface area contributed by atoms with Gasteiger partial charge in [0.15, 0.2) is 0 Å². The Balaban J connectivity index is 2.47. The number of aryl methyl sites for hydroxylation is 1. The van der Waals surface area contributed by atoms with E-state index in [1.54, 1.807) is 6.20 Å². The highest BCUT2D eigenvalue weighted by molar-refractivity contribution is 5.67. The fraction of sp³-hybridized carbons (Fsp3) is 0.667. The number of aromatic nitrogens is 2. The molecule has 102 valence electrons. The van der Waals surface area contributed by atoms with E-state index in [2.05, 4.69) is 10.3 Å². The summed E-state index contributed by atoms with van der Waals surface area (Å²) in [6, 6.07) is -0.340. The molecule has 0 aliphatic carbocycles. The fourth-order valence-electron chi connectivity index (χ4n) is 1.52. The van der Waals surface area contributed by atoms with Crippen LogP contribution in [0.5, 0.6) is 0 Å². The Hall–Kier alpha value is -1.56. The summed E-state index contributed by atoms with van der Waals surface area (Å²) < 4.78 is 7.08. The highest BCUT2D eigenvalue weighted by Gasteiger charge is 2.18. The van der Waals surface area contributed by atoms with Gasteiger partial charge < -0.3 is 20.4 Å². The van der Waals surface area contributed by atoms with E-state index in [9.17, 15) is 4.79 Å². The molecule has 0 aliphatic heterocycles. The van der Waals surface area contributed by atoms with Gasteiger partial charge in [-0.15, -0.1) is 0 Å². The Labute approximate surface area is 108 Å². The van der Waals surface area contributed by atoms with Crippen LogP contribution in [0.25, 0.3) is 0 Å². The second-order valence-corrected chi connectivity index (χ2v) is 5.06. The average molecular weight is 254 g/mol. The number of alkyl carbamates (subject to hydrolysis) is 1. The molecule has 6 heteroatoms. The van der Waals surface area contributed by atoms with E-state index in [0.717, 1.165) is 12.4 Å². The number of imidazole rings is 1. The predicted molar refractivity (Wildman–Crippen MR) is 69.1 cm³/mol. The molecule has 1 aromatic rings. The minimum absolute atomic E-state index is 0.298. The smallest absolute Gasteiger partial charge is 0.407 e. The minimum Gasteiger partial charge on any atom is -0.444 e. The Morgan fingerprint density at radius 3 is 2.83 bits per heavy atom. The van der Waals surface area contributed by atoms with E-state index in [4.69, 9.17) is 10.5 Å². The van der Waals surface area contributed by atoms with Crippen LogP contribution in [0.1, 0.15) is 39.6 Å². The van der Waals surface area contributed by atoms with E-state index in [-0.39, 0.29) is 6.04 Å². The molecule has 0 radical (unpaired) electrons. The zero-order valence-corrected chi connectivity index (χ0v) is 11.4. The van der Waals surface area contributed by atoms with Gasteiger partial charge in [-0.05, 0) is 27.7 Å². The van der Waals surface area contributed by atoms with Gasteiger partial charge in [-0.25, -0.2) is 9.78 Å². The van der Waals surface area contributed by atoms with Gasteiger partial charge in [-0.3, -0.25) is 0 Å². The van der Waals surface area contributed by atoms with Crippen molar-refractivity contribution in [1.82, 2.24) is 14.9 Å². The van der Waals surface area contributed by atoms with Crippen LogP contribution in [0.4, 0.5) is 4.79 Å². The van der Waals surface area contributed by atoms with E-state index in [0.29, 0.717) is 6.54 Å². The van der Waals surface area contributed by atoms with E-state index in [1.807, 2.05) is 38.5 Å². The fourth-order valence-corrected chi connectivity index (χ4v) is 1.52. The number of amides is 1. The summed E-state index contributed by atoms with van der Waals surface area (Å²) in [7, 11) is 0. The van der Waals surface area contributed by atoms with Gasteiger partial charge in [0, 0.05) is 25.5 Å². The average Bonchev–Trinajstić information content (AvgIpc) is 2.71. The summed E-state index contributed by atoms with van der Waals surface area (Å²) in [6.45, 7) is 8.56. The molecule has 0 fully saturated rings. The molecule has 0 saturated carbocycles. The van der Waals surface area contributed by atoms with Crippen molar-refractivity contribution in [3.05, 3.63) is 18.2 Å². The normalized spacial score (nSPS) is 13.2. The second-order valence-electron chi connectivity index (χ2n) is 5.06. The summed E-state index contributed by atoms with van der Waals surface area (Å²) in [5, 5.41) is 2.64. The molecule has 1 aromatic heterocycles. The quantitative estimate of drug-likeness (QED) is 0.851. The summed E-state index contributed by atoms with van der Waals surface area (Å²) >= 11 is 0. The number of carbonyl (C=O) groups is 1. The molecule has 6 nitrogen and oxygen atoms in total. The van der Waals surface area contributed by atoms with E-state index >= 15 is 0 Å². The number of nitrogens with zero attached hydrogens (tertiary/aromatic N) is 2. The lowest BCUT2D eigenvalue weighted by Crippen LogP contribution is -2.37. The topological polar surface area (TPSA) is 82.2 Å². The lowest BCUT2D eigenvalue weighted by molar-refractivity contribution is 0.0524. The first-order chi connectivity index (χ1) is 8.33. The number of nitrogens with one attached hydrogen (secondary N) is 1. The van der Waals surface area contributed by atoms with Crippen LogP contribution >= 0.6 is 0 Å². The first-order valence-electron chi connectivity index (χ1n) is 6.07. The lowest BCUT2D eigenvalue weighted by atomic mass is 10.2. The van der Waals surface area contributed by atoms with Crippen LogP contribution in [-0.2, 0) is 11.3 Å². The number of rotatable bonds is 4. The Bertz CT molecular complexity index is 395. The molecule has 1 unspecified atom stereocenters. The Morgan fingerprint density at radius 1 is 1.61 bits per heavy atom. The van der Waals surface area contributed by atoms with Crippen LogP contribution in [0, 0.1) is 0 Å². The van der Waals surface area contributed by atoms with Crippen LogP contribution in [0.15, 0.2) is 12.4 Å². The molecule has 1 rings (SSSR count). The van der Waals surface area contributed by atoms with Crippen molar-refractivity contribution in [1.29, 1.82) is 0 Å². The van der Waals surface area contributed by atoms with Crippen molar-refractivity contribution in [2.24, 2.45) is 5.73 Å². The van der Waals surface area contributed by atoms with Crippen LogP contribution in [0.2, 0.25) is 0 Å². The maximum absolute atomic E-state index is 11.5. The van der Waals surface area contributed by atoms with Gasteiger partial charge >= 0.3 is 6.09 Å². The molecule has 18 heavy (non-hydrogen) atoms. The van der Waals surface area contributed by atoms with Crippen molar-refractivity contribution < 1.29 is 9.53 Å². The first-order valence-corrected chi connectivity index (χ1v) is 6.07. The molecular weight excluding hydrogens is 232 g/mol. The Morgan fingerprint density at radius 2 is 2.28 bits per heavy atom. The number of hydrogen-bond donors (Lipinski definition) is 2. The van der Waals surface area contributed by atoms with Crippen molar-refractivity contribution in [2.75, 3.05) is 6.54 Å². The molecule has 0 bridgehead atoms. The molecule has 0 saturated heterocycles. The standard InChI is InChI=1S/C12H22N4O2/c1-5-16-7-6-14-10(16)9(13)8-15-11(17)18-12(2,3)4/h6-7,9H,5,8,13H2,1-4H3,(H,15,17). The van der Waals surface area contributed by atoms with Crippen molar-refractivity contribution in [3.8, 4) is 0 Å². The van der Waals surface area contributed by atoms with Crippen LogP contribution in [0.3, 0.4) is 0 Å². The summed E-state index contributed by atoms with van der Waals surface area (Å²) in [6.07, 6.45) is 3.10. The Kier molecular flexibility index (Phi) is 4.72. The summed E-state index contributed by atoms with van der Waals surface area (Å²) in [4.78, 5) is 15.7. The van der Waals surface area contributed by atoms with Gasteiger partial charge in [0.05, 0.1) is 6.04 Å². The highest BCUT2D eigenvalue weighted by Crippen LogP contribution is 2.09. The minimum atomic E-state index is -0.504. The molecule has 1 atom stereocenters. The lowest BCUT2D eigenvalue weighted by Gasteiger charge is -2.20. The summed E-state index contributed by atoms with van der Waals surface area (Å²) in [5.74, 6) is 0.758. The number of nitrogens with two attached hydrogens (primary N) is 1. The zero-order chi connectivity index (χ0) is 13.8. The maximum atomic E-state index is 11.5. The van der Waals surface area contributed by atoms with Crippen molar-refractivity contribution >= 4 is 6.09 Å². The van der Waals surface area contributed by atoms with Crippen LogP contribution < -0.4 is 11.1 Å². The van der Waals surface area contributed by atoms with Crippen molar-refractivity contribution in [2.45, 2.75) is 45.9 Å². The highest BCUT2D eigenvalue weighted by atomic mass is 16.6. The molecule has 0 spiro atoms. The van der Waals surface area contributed by atoms with Gasteiger partial charge in [0.2, 0.25) is 0 Å². The van der Waals surface area contributed by atoms with Gasteiger partial charge in [0.1, 0.15) is 11.4 Å². The van der Waals surface area contributed by atoms with Gasteiger partial charge in [0.25, 0.3) is 0 Å². The first kappa shape index (κ1) is 14.5. The number of carbonyl (C=O) groups excluding carboxylic acids is 1. The van der Waals surface area contributed by atoms with Gasteiger partial charge in [-0.2, -0.15) is 0 Å². The maximum Gasteiger partial charge on any atom is 0.407 e. The number of hydrogen-bond acceptors (Lipinski definition) is 4. The number of ether oxygens (including phenoxy) is 1. The second kappa shape index (κ2) is 5.86. The SMILES string of the molecule is CCn1ccnc1C(N)CNC(=O)OC(C)(C)C. The molecule has 0 aliphatic rings. The van der Waals surface area contributed by atoms with Crippen LogP contribution in [-0.4, -0.2) is 27.8 Å². The zero-order valence-electron chi connectivity index (χ0n) is 11.4. The molecule has 1 amide bonds. The summed E-state index contributed by atoms with van der Waals surface area (Å²) in [5.41, 5.74) is 5.47. The van der Waals surface area contributed by atoms with E-state index in [1.165, 1.54) is 0 Å². The largest absolute Gasteiger partial charge is 0.444 e. The van der Waals surface area contributed by atoms with Gasteiger partial charge in [-0.1, -0.05) is 0 Å². The van der Waals surface area contributed by atoms with E-state index < -0.39 is 11.7 Å². The third-order valence-electron chi connectivity index (χ3n) is 2.29.